The van der Waals surface area contributed by atoms with E-state index in [1.807, 2.05) is 51.0 Å². The largest absolute Gasteiger partial charge is 0.410 e. The summed E-state index contributed by atoms with van der Waals surface area (Å²) in [4.78, 5) is 14.6. The van der Waals surface area contributed by atoms with Crippen molar-refractivity contribution in [1.29, 1.82) is 0 Å². The van der Waals surface area contributed by atoms with Crippen molar-refractivity contribution in [1.82, 2.24) is 30.8 Å². The summed E-state index contributed by atoms with van der Waals surface area (Å²) in [5.41, 5.74) is 7.60. The lowest BCUT2D eigenvalue weighted by molar-refractivity contribution is -0.173. The lowest BCUT2D eigenvalue weighted by Gasteiger charge is -2.33. The van der Waals surface area contributed by atoms with Gasteiger partial charge in [-0.15, -0.1) is 0 Å². The van der Waals surface area contributed by atoms with E-state index in [1.165, 1.54) is 6.07 Å². The van der Waals surface area contributed by atoms with E-state index >= 15 is 0 Å². The van der Waals surface area contributed by atoms with Crippen LogP contribution in [0.15, 0.2) is 24.3 Å². The zero-order valence-corrected chi connectivity index (χ0v) is 20.4. The predicted molar refractivity (Wildman–Crippen MR) is 129 cm³/mol. The summed E-state index contributed by atoms with van der Waals surface area (Å²) >= 11 is 5.11. The molecular weight excluding hydrogens is 467 g/mol. The number of alkyl halides is 3. The molecule has 12 heteroatoms. The van der Waals surface area contributed by atoms with Crippen LogP contribution in [0.5, 0.6) is 0 Å². The Labute approximate surface area is 202 Å². The quantitative estimate of drug-likeness (QED) is 0.277. The normalized spacial score (nSPS) is 17.6. The number of aryl methyl sites for hydroxylation is 2. The van der Waals surface area contributed by atoms with Crippen LogP contribution >= 0.6 is 12.2 Å². The molecule has 0 aliphatic carbocycles. The lowest BCUT2D eigenvalue weighted by atomic mass is 9.94. The molecular formula is C22H30F3N7OS. The third-order valence-electron chi connectivity index (χ3n) is 5.71. The van der Waals surface area contributed by atoms with E-state index in [4.69, 9.17) is 12.2 Å². The molecule has 1 aliphatic rings. The van der Waals surface area contributed by atoms with Gasteiger partial charge >= 0.3 is 6.18 Å². The highest BCUT2D eigenvalue weighted by Gasteiger charge is 2.46. The molecule has 0 unspecified atom stereocenters. The first kappa shape index (κ1) is 25.8. The third kappa shape index (κ3) is 6.38. The minimum Gasteiger partial charge on any atom is -0.363 e. The molecule has 2 aromatic rings. The van der Waals surface area contributed by atoms with Gasteiger partial charge in [0.2, 0.25) is 0 Å². The van der Waals surface area contributed by atoms with Gasteiger partial charge in [0, 0.05) is 19.0 Å². The SMILES string of the molecule is Cc1ccc([C@H]2C[C@H](C(F)(F)F)n3nc(C(=O)NNC(=S)NCCCN(C)C)cc3N2)cc1C. The fraction of sp³-hybridized carbons (Fsp3) is 0.500. The van der Waals surface area contributed by atoms with Crippen LogP contribution in [-0.2, 0) is 0 Å². The zero-order valence-electron chi connectivity index (χ0n) is 19.6. The Hall–Kier alpha value is -2.86. The predicted octanol–water partition coefficient (Wildman–Crippen LogP) is 3.22. The van der Waals surface area contributed by atoms with E-state index in [-0.39, 0.29) is 23.0 Å². The highest BCUT2D eigenvalue weighted by molar-refractivity contribution is 7.80. The van der Waals surface area contributed by atoms with E-state index < -0.39 is 24.2 Å². The van der Waals surface area contributed by atoms with Crippen LogP contribution in [-0.4, -0.2) is 59.1 Å². The van der Waals surface area contributed by atoms with Gasteiger partial charge in [-0.2, -0.15) is 18.3 Å². The molecule has 4 N–H and O–H groups in total. The Morgan fingerprint density at radius 2 is 1.97 bits per heavy atom. The van der Waals surface area contributed by atoms with Crippen molar-refractivity contribution in [3.05, 3.63) is 46.6 Å². The maximum absolute atomic E-state index is 13.9. The van der Waals surface area contributed by atoms with Crippen LogP contribution in [0.2, 0.25) is 0 Å². The lowest BCUT2D eigenvalue weighted by Crippen LogP contribution is -2.47. The molecule has 0 saturated carbocycles. The Balaban J connectivity index is 1.70. The number of hydrogen-bond acceptors (Lipinski definition) is 5. The standard InChI is InChI=1S/C22H30F3N7OS/c1-13-6-7-15(10-14(13)2)16-11-18(22(23,24)25)32-19(27-16)12-17(30-32)20(33)28-29-21(34)26-8-5-9-31(3)4/h6-7,10,12,16,18,27H,5,8-9,11H2,1-4H3,(H,28,33)(H2,26,29,34)/t16-,18-/m1/s1. The molecule has 186 valence electrons. The van der Waals surface area contributed by atoms with Gasteiger partial charge in [0.05, 0.1) is 6.04 Å². The number of carbonyl (C=O) groups excluding carboxylic acids is 1. The molecule has 2 heterocycles. The molecule has 3 rings (SSSR count). The minimum absolute atomic E-state index is 0.131. The van der Waals surface area contributed by atoms with E-state index in [0.717, 1.165) is 34.3 Å². The number of carbonyl (C=O) groups is 1. The number of amides is 1. The van der Waals surface area contributed by atoms with Crippen molar-refractivity contribution in [2.24, 2.45) is 0 Å². The average molecular weight is 498 g/mol. The first-order chi connectivity index (χ1) is 16.0. The maximum atomic E-state index is 13.9. The van der Waals surface area contributed by atoms with Crippen molar-refractivity contribution in [2.75, 3.05) is 32.5 Å². The van der Waals surface area contributed by atoms with Gasteiger partial charge in [-0.25, -0.2) is 4.68 Å². The second-order valence-corrected chi connectivity index (χ2v) is 9.09. The number of fused-ring (bicyclic) bond motifs is 1. The third-order valence-corrected chi connectivity index (χ3v) is 5.96. The van der Waals surface area contributed by atoms with Crippen molar-refractivity contribution in [3.8, 4) is 0 Å². The van der Waals surface area contributed by atoms with E-state index in [2.05, 4.69) is 26.6 Å². The molecule has 0 fully saturated rings. The number of aromatic nitrogens is 2. The summed E-state index contributed by atoms with van der Waals surface area (Å²) in [7, 11) is 3.92. The summed E-state index contributed by atoms with van der Waals surface area (Å²) in [6.07, 6.45) is -3.91. The molecule has 1 aromatic heterocycles. The number of halogens is 3. The van der Waals surface area contributed by atoms with Gasteiger partial charge in [-0.05, 0) is 69.8 Å². The highest BCUT2D eigenvalue weighted by Crippen LogP contribution is 2.43. The number of hydrogen-bond donors (Lipinski definition) is 4. The summed E-state index contributed by atoms with van der Waals surface area (Å²) in [6, 6.07) is 4.49. The monoisotopic (exact) mass is 497 g/mol. The van der Waals surface area contributed by atoms with Crippen LogP contribution < -0.4 is 21.5 Å². The first-order valence-electron chi connectivity index (χ1n) is 10.9. The molecule has 0 spiro atoms. The van der Waals surface area contributed by atoms with Crippen molar-refractivity contribution in [2.45, 2.75) is 44.9 Å². The number of thiocarbonyl (C=S) groups is 1. The van der Waals surface area contributed by atoms with Gasteiger partial charge in [0.1, 0.15) is 5.82 Å². The molecule has 0 saturated heterocycles. The molecule has 34 heavy (non-hydrogen) atoms. The van der Waals surface area contributed by atoms with Gasteiger partial charge in [0.15, 0.2) is 16.8 Å². The smallest absolute Gasteiger partial charge is 0.363 e. The fourth-order valence-electron chi connectivity index (χ4n) is 3.70. The number of anilines is 1. The van der Waals surface area contributed by atoms with Crippen molar-refractivity contribution < 1.29 is 18.0 Å². The Kier molecular flexibility index (Phi) is 8.03. The number of benzene rings is 1. The van der Waals surface area contributed by atoms with Crippen LogP contribution in [0.4, 0.5) is 19.0 Å². The topological polar surface area (TPSA) is 86.2 Å². The van der Waals surface area contributed by atoms with Crippen molar-refractivity contribution in [3.63, 3.8) is 0 Å². The summed E-state index contributed by atoms with van der Waals surface area (Å²) < 4.78 is 42.5. The zero-order chi connectivity index (χ0) is 25.0. The molecule has 8 nitrogen and oxygen atoms in total. The molecule has 2 atom stereocenters. The molecule has 1 aliphatic heterocycles. The van der Waals surface area contributed by atoms with Crippen molar-refractivity contribution >= 4 is 29.1 Å². The van der Waals surface area contributed by atoms with E-state index in [0.29, 0.717) is 6.54 Å². The summed E-state index contributed by atoms with van der Waals surface area (Å²) in [6.45, 7) is 5.35. The highest BCUT2D eigenvalue weighted by atomic mass is 32.1. The maximum Gasteiger partial charge on any atom is 0.410 e. The first-order valence-corrected chi connectivity index (χ1v) is 11.4. The summed E-state index contributed by atoms with van der Waals surface area (Å²) in [5.74, 6) is -0.559. The minimum atomic E-state index is -4.52. The average Bonchev–Trinajstić information content (AvgIpc) is 3.19. The number of rotatable bonds is 6. The van der Waals surface area contributed by atoms with Gasteiger partial charge in [-0.1, -0.05) is 18.2 Å². The summed E-state index contributed by atoms with van der Waals surface area (Å²) in [5, 5.41) is 10.2. The Bertz CT molecular complexity index is 1040. The fourth-order valence-corrected chi connectivity index (χ4v) is 3.86. The second kappa shape index (κ2) is 10.6. The Morgan fingerprint density at radius 3 is 2.62 bits per heavy atom. The van der Waals surface area contributed by atoms with Crippen LogP contribution in [0, 0.1) is 13.8 Å². The van der Waals surface area contributed by atoms with Gasteiger partial charge in [0.25, 0.3) is 5.91 Å². The van der Waals surface area contributed by atoms with E-state index in [1.54, 1.807) is 0 Å². The molecule has 1 amide bonds. The van der Waals surface area contributed by atoms with Crippen LogP contribution in [0.1, 0.15) is 52.1 Å². The second-order valence-electron chi connectivity index (χ2n) is 8.68. The van der Waals surface area contributed by atoms with Gasteiger partial charge < -0.3 is 15.5 Å². The number of hydrazine groups is 1. The number of nitrogens with zero attached hydrogens (tertiary/aromatic N) is 3. The van der Waals surface area contributed by atoms with Crippen LogP contribution in [0.3, 0.4) is 0 Å². The van der Waals surface area contributed by atoms with Crippen LogP contribution in [0.25, 0.3) is 0 Å². The molecule has 0 radical (unpaired) electrons. The van der Waals surface area contributed by atoms with Gasteiger partial charge in [-0.3, -0.25) is 15.6 Å². The molecule has 1 aromatic carbocycles. The number of nitrogens with one attached hydrogen (secondary N) is 4. The molecule has 0 bridgehead atoms. The Morgan fingerprint density at radius 1 is 1.24 bits per heavy atom. The van der Waals surface area contributed by atoms with E-state index in [9.17, 15) is 18.0 Å².